The van der Waals surface area contributed by atoms with E-state index in [1.165, 1.54) is 11.0 Å². The maximum atomic E-state index is 13.4. The Balaban J connectivity index is 1.52. The van der Waals surface area contributed by atoms with Gasteiger partial charge in [-0.1, -0.05) is 6.92 Å². The van der Waals surface area contributed by atoms with Crippen LogP contribution in [0.2, 0.25) is 0 Å². The Morgan fingerprint density at radius 2 is 2.05 bits per heavy atom. The largest absolute Gasteiger partial charge is 0.487 e. The molecule has 1 unspecified atom stereocenters. The molecule has 5 atom stereocenters. The van der Waals surface area contributed by atoms with Crippen molar-refractivity contribution >= 4 is 17.8 Å². The van der Waals surface area contributed by atoms with E-state index in [0.717, 1.165) is 12.1 Å². The van der Waals surface area contributed by atoms with Crippen LogP contribution in [0, 0.1) is 17.2 Å². The summed E-state index contributed by atoms with van der Waals surface area (Å²) in [5.74, 6) is -0.691. The summed E-state index contributed by atoms with van der Waals surface area (Å²) in [5.41, 5.74) is -1.66. The Kier molecular flexibility index (Phi) is 7.46. The lowest BCUT2D eigenvalue weighted by atomic mass is 9.88. The molecule has 210 valence electrons. The molecular weight excluding hydrogens is 501 g/mol. The Morgan fingerprint density at radius 3 is 2.66 bits per heavy atom. The highest BCUT2D eigenvalue weighted by molar-refractivity contribution is 5.99. The molecule has 11 heteroatoms. The molecule has 1 saturated heterocycles. The molecular formula is C27H37F3N4O4. The molecule has 38 heavy (non-hydrogen) atoms. The average Bonchev–Trinajstić information content (AvgIpc) is 3.60. The van der Waals surface area contributed by atoms with Crippen LogP contribution in [-0.2, 0) is 20.5 Å². The summed E-state index contributed by atoms with van der Waals surface area (Å²) in [6.45, 7) is 7.89. The highest BCUT2D eigenvalue weighted by Crippen LogP contribution is 2.47. The molecule has 3 N–H and O–H groups in total. The van der Waals surface area contributed by atoms with E-state index in [-0.39, 0.29) is 30.1 Å². The number of carbonyl (C=O) groups excluding carboxylic acids is 2. The van der Waals surface area contributed by atoms with Gasteiger partial charge in [0.25, 0.3) is 0 Å². The number of nitrogens with one attached hydrogen (secondary N) is 3. The van der Waals surface area contributed by atoms with Crippen LogP contribution >= 0.6 is 0 Å². The van der Waals surface area contributed by atoms with Gasteiger partial charge in [0.1, 0.15) is 11.4 Å². The minimum absolute atomic E-state index is 0.0255. The summed E-state index contributed by atoms with van der Waals surface area (Å²) in [4.78, 5) is 28.0. The van der Waals surface area contributed by atoms with E-state index in [2.05, 4.69) is 10.6 Å². The molecule has 0 aromatic heterocycles. The highest BCUT2D eigenvalue weighted by Gasteiger charge is 2.53. The molecule has 0 bridgehead atoms. The van der Waals surface area contributed by atoms with Crippen molar-refractivity contribution in [3.8, 4) is 5.75 Å². The first-order chi connectivity index (χ1) is 17.7. The van der Waals surface area contributed by atoms with E-state index in [4.69, 9.17) is 14.9 Å². The molecule has 2 amide bonds. The number of ether oxygens (including phenoxy) is 2. The van der Waals surface area contributed by atoms with Crippen LogP contribution in [0.5, 0.6) is 5.75 Å². The third-order valence-corrected chi connectivity index (χ3v) is 7.98. The second-order valence-electron chi connectivity index (χ2n) is 11.6. The lowest BCUT2D eigenvalue weighted by molar-refractivity contribution is -0.137. The minimum atomic E-state index is -4.51. The minimum Gasteiger partial charge on any atom is -0.487 e. The molecule has 3 aliphatic rings. The van der Waals surface area contributed by atoms with Gasteiger partial charge in [0.2, 0.25) is 11.8 Å². The molecule has 1 aromatic rings. The van der Waals surface area contributed by atoms with Gasteiger partial charge in [0.15, 0.2) is 5.96 Å². The third kappa shape index (κ3) is 5.77. The van der Waals surface area contributed by atoms with Crippen molar-refractivity contribution in [2.24, 2.45) is 11.8 Å². The summed E-state index contributed by atoms with van der Waals surface area (Å²) in [6.07, 6.45) is -2.29. The smallest absolute Gasteiger partial charge is 0.416 e. The number of hydrogen-bond donors (Lipinski definition) is 3. The van der Waals surface area contributed by atoms with Gasteiger partial charge in [-0.3, -0.25) is 19.9 Å². The summed E-state index contributed by atoms with van der Waals surface area (Å²) in [5, 5.41) is 14.7. The Morgan fingerprint density at radius 1 is 1.34 bits per heavy atom. The predicted molar refractivity (Wildman–Crippen MR) is 135 cm³/mol. The van der Waals surface area contributed by atoms with Crippen molar-refractivity contribution < 1.29 is 32.2 Å². The molecule has 1 aliphatic carbocycles. The van der Waals surface area contributed by atoms with Crippen molar-refractivity contribution in [1.82, 2.24) is 15.5 Å². The highest BCUT2D eigenvalue weighted by atomic mass is 19.4. The van der Waals surface area contributed by atoms with E-state index >= 15 is 0 Å². The number of nitrogens with zero attached hydrogens (tertiary/aromatic N) is 1. The molecule has 0 radical (unpaired) electrons. The summed E-state index contributed by atoms with van der Waals surface area (Å²) < 4.78 is 51.3. The maximum absolute atomic E-state index is 13.4. The second kappa shape index (κ2) is 10.1. The van der Waals surface area contributed by atoms with E-state index in [9.17, 15) is 22.8 Å². The number of methoxy groups -OCH3 is 1. The van der Waals surface area contributed by atoms with Crippen molar-refractivity contribution in [3.63, 3.8) is 0 Å². The number of hydrogen-bond acceptors (Lipinski definition) is 5. The monoisotopic (exact) mass is 538 g/mol. The number of halogens is 3. The van der Waals surface area contributed by atoms with Gasteiger partial charge in [-0.2, -0.15) is 13.2 Å². The molecule has 2 fully saturated rings. The van der Waals surface area contributed by atoms with Gasteiger partial charge in [-0.05, 0) is 64.2 Å². The number of alkyl halides is 3. The van der Waals surface area contributed by atoms with Crippen LogP contribution < -0.4 is 15.4 Å². The van der Waals surface area contributed by atoms with Gasteiger partial charge in [-0.15, -0.1) is 0 Å². The Bertz CT molecular complexity index is 1090. The van der Waals surface area contributed by atoms with Crippen LogP contribution in [0.15, 0.2) is 18.2 Å². The van der Waals surface area contributed by atoms with Crippen molar-refractivity contribution in [2.45, 2.75) is 89.2 Å². The molecule has 2 heterocycles. The lowest BCUT2D eigenvalue weighted by Crippen LogP contribution is -2.63. The molecule has 1 aromatic carbocycles. The Labute approximate surface area is 221 Å². The van der Waals surface area contributed by atoms with Crippen LogP contribution in [0.4, 0.5) is 13.2 Å². The first kappa shape index (κ1) is 28.2. The van der Waals surface area contributed by atoms with E-state index in [0.29, 0.717) is 43.6 Å². The fourth-order valence-corrected chi connectivity index (χ4v) is 5.65. The van der Waals surface area contributed by atoms with E-state index < -0.39 is 40.9 Å². The van der Waals surface area contributed by atoms with Gasteiger partial charge in [-0.25, -0.2) is 0 Å². The number of benzene rings is 1. The van der Waals surface area contributed by atoms with Gasteiger partial charge in [0.05, 0.1) is 18.0 Å². The zero-order chi connectivity index (χ0) is 28.0. The number of amides is 2. The normalized spacial score (nSPS) is 29.2. The fraction of sp³-hybridized carbons (Fsp3) is 0.667. The van der Waals surface area contributed by atoms with Gasteiger partial charge >= 0.3 is 6.18 Å². The summed E-state index contributed by atoms with van der Waals surface area (Å²) in [7, 11) is 1.56. The molecule has 1 saturated carbocycles. The topological polar surface area (TPSA) is 104 Å². The van der Waals surface area contributed by atoms with E-state index in [1.807, 2.05) is 27.7 Å². The lowest BCUT2D eigenvalue weighted by Gasteiger charge is -2.43. The molecule has 4 rings (SSSR count). The zero-order valence-electron chi connectivity index (χ0n) is 22.5. The van der Waals surface area contributed by atoms with Gasteiger partial charge in [0, 0.05) is 43.2 Å². The standard InChI is InChI=1S/C27H37F3N4O4/c1-6-26(4)14-22(35)34(24(31)33-26)20(9-10-37-5)16-12-17(16)23(36)32-19-13-25(2,3)38-21-8-7-15(11-18(19)21)27(28,29)30/h7-8,11,16-17,19-20H,6,9-10,12-14H2,1-5H3,(H2,31,33)(H,32,36)/t16-,17-,19?,20-,26-/m1/s1. The Hall–Kier alpha value is -2.82. The van der Waals surface area contributed by atoms with Crippen LogP contribution in [-0.4, -0.2) is 53.6 Å². The second-order valence-corrected chi connectivity index (χ2v) is 11.6. The SMILES string of the molecule is CC[C@]1(C)CC(=O)N([C@H](CCOC)[C@@H]2C[C@H]2C(=O)NC2CC(C)(C)Oc3ccc(C(F)(F)F)cc32)C(=N)N1. The van der Waals surface area contributed by atoms with Crippen molar-refractivity contribution in [3.05, 3.63) is 29.3 Å². The molecule has 0 spiro atoms. The average molecular weight is 539 g/mol. The van der Waals surface area contributed by atoms with Crippen molar-refractivity contribution in [1.29, 1.82) is 5.41 Å². The molecule has 8 nitrogen and oxygen atoms in total. The predicted octanol–water partition coefficient (Wildman–Crippen LogP) is 4.39. The first-order valence-corrected chi connectivity index (χ1v) is 13.1. The number of fused-ring (bicyclic) bond motifs is 1. The third-order valence-electron chi connectivity index (χ3n) is 7.98. The first-order valence-electron chi connectivity index (χ1n) is 13.1. The molecule has 2 aliphatic heterocycles. The zero-order valence-corrected chi connectivity index (χ0v) is 22.5. The van der Waals surface area contributed by atoms with Crippen LogP contribution in [0.25, 0.3) is 0 Å². The number of rotatable bonds is 8. The fourth-order valence-electron chi connectivity index (χ4n) is 5.65. The van der Waals surface area contributed by atoms with E-state index in [1.54, 1.807) is 7.11 Å². The van der Waals surface area contributed by atoms with Crippen LogP contribution in [0.3, 0.4) is 0 Å². The van der Waals surface area contributed by atoms with Crippen molar-refractivity contribution in [2.75, 3.05) is 13.7 Å². The summed E-state index contributed by atoms with van der Waals surface area (Å²) >= 11 is 0. The number of guanidine groups is 1. The summed E-state index contributed by atoms with van der Waals surface area (Å²) in [6, 6.07) is 2.30. The van der Waals surface area contributed by atoms with Crippen LogP contribution in [0.1, 0.15) is 77.0 Å². The quantitative estimate of drug-likeness (QED) is 0.456. The van der Waals surface area contributed by atoms with Gasteiger partial charge < -0.3 is 20.1 Å². The number of carbonyl (C=O) groups is 2. The maximum Gasteiger partial charge on any atom is 0.416 e.